The van der Waals surface area contributed by atoms with Crippen molar-refractivity contribution < 1.29 is 9.15 Å². The predicted octanol–water partition coefficient (Wildman–Crippen LogP) is 3.74. The van der Waals surface area contributed by atoms with Crippen molar-refractivity contribution in [2.24, 2.45) is 0 Å². The van der Waals surface area contributed by atoms with Crippen molar-refractivity contribution in [1.29, 1.82) is 0 Å². The Labute approximate surface area is 113 Å². The van der Waals surface area contributed by atoms with E-state index in [1.165, 1.54) is 29.4 Å². The van der Waals surface area contributed by atoms with Crippen LogP contribution in [0, 0.1) is 6.92 Å². The average Bonchev–Trinajstić information content (AvgIpc) is 3.17. The van der Waals surface area contributed by atoms with Crippen LogP contribution in [0.5, 0.6) is 5.75 Å². The van der Waals surface area contributed by atoms with Gasteiger partial charge in [0.2, 0.25) is 0 Å². The van der Waals surface area contributed by atoms with Crippen molar-refractivity contribution in [3.63, 3.8) is 0 Å². The van der Waals surface area contributed by atoms with E-state index in [4.69, 9.17) is 9.15 Å². The normalized spacial score (nSPS) is 15.1. The molecule has 19 heavy (non-hydrogen) atoms. The molecule has 1 heterocycles. The van der Waals surface area contributed by atoms with Gasteiger partial charge in [0.25, 0.3) is 0 Å². The van der Waals surface area contributed by atoms with Crippen molar-refractivity contribution in [2.75, 3.05) is 13.7 Å². The van der Waals surface area contributed by atoms with Crippen LogP contribution in [-0.2, 0) is 6.54 Å². The molecule has 0 unspecified atom stereocenters. The zero-order valence-electron chi connectivity index (χ0n) is 11.9. The lowest BCUT2D eigenvalue weighted by molar-refractivity contribution is 0.406. The highest BCUT2D eigenvalue weighted by Gasteiger charge is 2.31. The van der Waals surface area contributed by atoms with Gasteiger partial charge in [-0.3, -0.25) is 0 Å². The van der Waals surface area contributed by atoms with Crippen LogP contribution in [0.25, 0.3) is 11.0 Å². The maximum atomic E-state index is 6.09. The molecule has 102 valence electrons. The molecule has 0 amide bonds. The second-order valence-electron chi connectivity index (χ2n) is 5.34. The van der Waals surface area contributed by atoms with Crippen molar-refractivity contribution in [3.8, 4) is 5.75 Å². The van der Waals surface area contributed by atoms with E-state index in [1.807, 2.05) is 6.07 Å². The molecule has 0 spiro atoms. The number of aryl methyl sites for hydroxylation is 1. The summed E-state index contributed by atoms with van der Waals surface area (Å²) in [5.74, 6) is 2.62. The van der Waals surface area contributed by atoms with Gasteiger partial charge in [-0.05, 0) is 49.9 Å². The Morgan fingerprint density at radius 3 is 2.79 bits per heavy atom. The molecule has 0 radical (unpaired) electrons. The largest absolute Gasteiger partial charge is 0.493 e. The third-order valence-electron chi connectivity index (χ3n) is 3.76. The first-order valence-electron chi connectivity index (χ1n) is 7.05. The van der Waals surface area contributed by atoms with Crippen LogP contribution >= 0.6 is 0 Å². The zero-order chi connectivity index (χ0) is 13.4. The number of nitrogens with one attached hydrogen (secondary N) is 1. The number of hydrogen-bond donors (Lipinski definition) is 1. The molecule has 0 saturated heterocycles. The zero-order valence-corrected chi connectivity index (χ0v) is 11.9. The highest BCUT2D eigenvalue weighted by atomic mass is 16.5. The molecule has 0 atom stereocenters. The molecule has 1 N–H and O–H groups in total. The van der Waals surface area contributed by atoms with Crippen molar-refractivity contribution in [3.05, 3.63) is 29.0 Å². The monoisotopic (exact) mass is 259 g/mol. The number of rotatable bonds is 5. The lowest BCUT2D eigenvalue weighted by Gasteiger charge is -2.03. The van der Waals surface area contributed by atoms with Crippen molar-refractivity contribution >= 4 is 11.0 Å². The van der Waals surface area contributed by atoms with Gasteiger partial charge in [0.05, 0.1) is 13.7 Å². The van der Waals surface area contributed by atoms with E-state index in [0.717, 1.165) is 30.2 Å². The molecule has 3 heteroatoms. The van der Waals surface area contributed by atoms with Crippen LogP contribution in [0.1, 0.15) is 42.6 Å². The van der Waals surface area contributed by atoms with Crippen LogP contribution < -0.4 is 10.1 Å². The second-order valence-corrected chi connectivity index (χ2v) is 5.34. The molecule has 1 aromatic carbocycles. The Kier molecular flexibility index (Phi) is 3.23. The van der Waals surface area contributed by atoms with Gasteiger partial charge in [-0.15, -0.1) is 0 Å². The van der Waals surface area contributed by atoms with Crippen LogP contribution in [-0.4, -0.2) is 13.7 Å². The minimum Gasteiger partial charge on any atom is -0.493 e. The summed E-state index contributed by atoms with van der Waals surface area (Å²) in [5, 5.41) is 4.61. The minimum absolute atomic E-state index is 0.682. The van der Waals surface area contributed by atoms with Gasteiger partial charge in [-0.25, -0.2) is 0 Å². The van der Waals surface area contributed by atoms with Crippen LogP contribution in [0.2, 0.25) is 0 Å². The van der Waals surface area contributed by atoms with E-state index in [1.54, 1.807) is 7.11 Å². The third-order valence-corrected chi connectivity index (χ3v) is 3.76. The maximum Gasteiger partial charge on any atom is 0.176 e. The molecule has 1 aromatic heterocycles. The highest BCUT2D eigenvalue weighted by molar-refractivity contribution is 5.89. The first kappa shape index (κ1) is 12.5. The molecular weight excluding hydrogens is 238 g/mol. The molecule has 0 aliphatic heterocycles. The number of methoxy groups -OCH3 is 1. The van der Waals surface area contributed by atoms with Gasteiger partial charge in [0.15, 0.2) is 11.3 Å². The second kappa shape index (κ2) is 4.89. The summed E-state index contributed by atoms with van der Waals surface area (Å²) < 4.78 is 11.6. The standard InChI is InChI=1S/C16H21NO2/c1-4-17-9-14-15(11-5-6-11)12-7-10(2)8-13(18-3)16(12)19-14/h7-8,11,17H,4-6,9H2,1-3H3. The number of fused-ring (bicyclic) bond motifs is 1. The molecular formula is C16H21NO2. The summed E-state index contributed by atoms with van der Waals surface area (Å²) in [6, 6.07) is 4.27. The minimum atomic E-state index is 0.682. The van der Waals surface area contributed by atoms with E-state index >= 15 is 0 Å². The lowest BCUT2D eigenvalue weighted by atomic mass is 10.0. The fraction of sp³-hybridized carbons (Fsp3) is 0.500. The Balaban J connectivity index is 2.17. The quantitative estimate of drug-likeness (QED) is 0.888. The van der Waals surface area contributed by atoms with E-state index in [-0.39, 0.29) is 0 Å². The van der Waals surface area contributed by atoms with Crippen LogP contribution in [0.4, 0.5) is 0 Å². The summed E-state index contributed by atoms with van der Waals surface area (Å²) in [5.41, 5.74) is 3.53. The van der Waals surface area contributed by atoms with E-state index in [9.17, 15) is 0 Å². The Hall–Kier alpha value is -1.48. The van der Waals surface area contributed by atoms with E-state index in [0.29, 0.717) is 5.92 Å². The highest BCUT2D eigenvalue weighted by Crippen LogP contribution is 2.47. The van der Waals surface area contributed by atoms with Crippen molar-refractivity contribution in [1.82, 2.24) is 5.32 Å². The average molecular weight is 259 g/mol. The van der Waals surface area contributed by atoms with Gasteiger partial charge in [0, 0.05) is 10.9 Å². The predicted molar refractivity (Wildman–Crippen MR) is 76.9 cm³/mol. The number of ether oxygens (including phenoxy) is 1. The first-order valence-corrected chi connectivity index (χ1v) is 7.05. The van der Waals surface area contributed by atoms with Gasteiger partial charge >= 0.3 is 0 Å². The summed E-state index contributed by atoms with van der Waals surface area (Å²) in [6.07, 6.45) is 2.56. The smallest absolute Gasteiger partial charge is 0.176 e. The molecule has 1 aliphatic carbocycles. The van der Waals surface area contributed by atoms with Gasteiger partial charge in [-0.2, -0.15) is 0 Å². The molecule has 1 aliphatic rings. The van der Waals surface area contributed by atoms with Gasteiger partial charge in [-0.1, -0.05) is 6.92 Å². The Morgan fingerprint density at radius 2 is 2.16 bits per heavy atom. The SMILES string of the molecule is CCNCc1oc2c(OC)cc(C)cc2c1C1CC1. The third kappa shape index (κ3) is 2.23. The van der Waals surface area contributed by atoms with Crippen LogP contribution in [0.15, 0.2) is 16.5 Å². The van der Waals surface area contributed by atoms with Crippen LogP contribution in [0.3, 0.4) is 0 Å². The Morgan fingerprint density at radius 1 is 1.37 bits per heavy atom. The summed E-state index contributed by atoms with van der Waals surface area (Å²) in [4.78, 5) is 0. The van der Waals surface area contributed by atoms with Gasteiger partial charge in [0.1, 0.15) is 5.76 Å². The lowest BCUT2D eigenvalue weighted by Crippen LogP contribution is -2.12. The number of hydrogen-bond acceptors (Lipinski definition) is 3. The molecule has 2 aromatic rings. The summed E-state index contributed by atoms with van der Waals surface area (Å²) in [7, 11) is 1.71. The maximum absolute atomic E-state index is 6.09. The van der Waals surface area contributed by atoms with Crippen molar-refractivity contribution in [2.45, 2.75) is 39.2 Å². The summed E-state index contributed by atoms with van der Waals surface area (Å²) >= 11 is 0. The molecule has 3 nitrogen and oxygen atoms in total. The first-order chi connectivity index (χ1) is 9.24. The molecule has 0 bridgehead atoms. The molecule has 3 rings (SSSR count). The molecule has 1 fully saturated rings. The number of benzene rings is 1. The van der Waals surface area contributed by atoms with Gasteiger partial charge < -0.3 is 14.5 Å². The van der Waals surface area contributed by atoms with E-state index < -0.39 is 0 Å². The molecule has 1 saturated carbocycles. The summed E-state index contributed by atoms with van der Waals surface area (Å²) in [6.45, 7) is 5.98. The fourth-order valence-corrected chi connectivity index (χ4v) is 2.71. The Bertz CT molecular complexity index is 596. The fourth-order valence-electron chi connectivity index (χ4n) is 2.71. The topological polar surface area (TPSA) is 34.4 Å². The number of furan rings is 1. The van der Waals surface area contributed by atoms with E-state index in [2.05, 4.69) is 25.2 Å².